The van der Waals surface area contributed by atoms with Crippen LogP contribution < -0.4 is 5.32 Å². The van der Waals surface area contributed by atoms with Gasteiger partial charge in [0, 0.05) is 16.3 Å². The quantitative estimate of drug-likeness (QED) is 0.743. The van der Waals surface area contributed by atoms with Crippen molar-refractivity contribution in [2.75, 3.05) is 6.54 Å². The molecule has 2 nitrogen and oxygen atoms in total. The molecule has 1 aliphatic rings. The molecule has 1 aromatic heterocycles. The first-order valence-corrected chi connectivity index (χ1v) is 8.89. The Hall–Kier alpha value is -0.380. The maximum absolute atomic E-state index is 6.14. The Morgan fingerprint density at radius 2 is 1.85 bits per heavy atom. The summed E-state index contributed by atoms with van der Waals surface area (Å²) in [6, 6.07) is 4.46. The van der Waals surface area contributed by atoms with Gasteiger partial charge in [-0.2, -0.15) is 0 Å². The van der Waals surface area contributed by atoms with E-state index >= 15 is 0 Å². The minimum absolute atomic E-state index is 0.470. The molecule has 0 aliphatic heterocycles. The molecular formula is C17H29NOS. The van der Waals surface area contributed by atoms with Gasteiger partial charge in [0.1, 0.15) is 0 Å². The molecule has 0 radical (unpaired) electrons. The summed E-state index contributed by atoms with van der Waals surface area (Å²) < 4.78 is 6.14. The number of rotatable bonds is 7. The number of nitrogens with one attached hydrogen (secondary N) is 1. The summed E-state index contributed by atoms with van der Waals surface area (Å²) in [7, 11) is 0. The summed E-state index contributed by atoms with van der Waals surface area (Å²) >= 11 is 1.89. The highest BCUT2D eigenvalue weighted by Crippen LogP contribution is 2.31. The van der Waals surface area contributed by atoms with E-state index in [1.54, 1.807) is 0 Å². The van der Waals surface area contributed by atoms with Gasteiger partial charge >= 0.3 is 0 Å². The fourth-order valence-electron chi connectivity index (χ4n) is 3.19. The number of hydrogen-bond acceptors (Lipinski definition) is 3. The maximum Gasteiger partial charge on any atom is 0.0813 e. The standard InChI is InChI=1S/C17H29NOS/c1-4-7-18-11-16-5-6-17(20-16)12-19-15-9-13(2)8-14(3)10-15/h5-6,13-15,18H,4,7-12H2,1-3H3. The Bertz CT molecular complexity index is 380. The predicted molar refractivity (Wildman–Crippen MR) is 87.1 cm³/mol. The number of thiophene rings is 1. The summed E-state index contributed by atoms with van der Waals surface area (Å²) in [4.78, 5) is 2.78. The van der Waals surface area contributed by atoms with E-state index in [1.165, 1.54) is 35.4 Å². The van der Waals surface area contributed by atoms with E-state index in [9.17, 15) is 0 Å². The van der Waals surface area contributed by atoms with Crippen molar-refractivity contribution in [2.24, 2.45) is 11.8 Å². The third-order valence-corrected chi connectivity index (χ3v) is 5.10. The molecule has 1 fully saturated rings. The van der Waals surface area contributed by atoms with E-state index in [0.717, 1.165) is 31.5 Å². The second-order valence-electron chi connectivity index (χ2n) is 6.40. The van der Waals surface area contributed by atoms with Gasteiger partial charge < -0.3 is 10.1 Å². The van der Waals surface area contributed by atoms with Gasteiger partial charge in [-0.15, -0.1) is 11.3 Å². The van der Waals surface area contributed by atoms with Gasteiger partial charge in [0.05, 0.1) is 12.7 Å². The molecule has 20 heavy (non-hydrogen) atoms. The second kappa shape index (κ2) is 8.16. The first-order valence-electron chi connectivity index (χ1n) is 8.07. The van der Waals surface area contributed by atoms with Crippen molar-refractivity contribution in [1.29, 1.82) is 0 Å². The first-order chi connectivity index (χ1) is 9.67. The second-order valence-corrected chi connectivity index (χ2v) is 7.65. The van der Waals surface area contributed by atoms with Crippen LogP contribution in [0.15, 0.2) is 12.1 Å². The third-order valence-electron chi connectivity index (χ3n) is 4.04. The van der Waals surface area contributed by atoms with Crippen LogP contribution in [0.4, 0.5) is 0 Å². The molecule has 0 amide bonds. The Morgan fingerprint density at radius 3 is 2.55 bits per heavy atom. The summed E-state index contributed by atoms with van der Waals surface area (Å²) in [6.45, 7) is 9.80. The van der Waals surface area contributed by atoms with Crippen LogP contribution in [0, 0.1) is 11.8 Å². The van der Waals surface area contributed by atoms with E-state index in [4.69, 9.17) is 4.74 Å². The average Bonchev–Trinajstić information content (AvgIpc) is 2.84. The van der Waals surface area contributed by atoms with Crippen molar-refractivity contribution >= 4 is 11.3 Å². The third kappa shape index (κ3) is 5.19. The van der Waals surface area contributed by atoms with Crippen molar-refractivity contribution in [3.8, 4) is 0 Å². The van der Waals surface area contributed by atoms with E-state index < -0.39 is 0 Å². The summed E-state index contributed by atoms with van der Waals surface area (Å²) in [5.41, 5.74) is 0. The van der Waals surface area contributed by atoms with Crippen LogP contribution in [-0.4, -0.2) is 12.6 Å². The minimum atomic E-state index is 0.470. The molecule has 3 heteroatoms. The van der Waals surface area contributed by atoms with Gasteiger partial charge in [-0.3, -0.25) is 0 Å². The fourth-order valence-corrected chi connectivity index (χ4v) is 4.10. The highest BCUT2D eigenvalue weighted by Gasteiger charge is 2.24. The van der Waals surface area contributed by atoms with Crippen molar-refractivity contribution in [3.63, 3.8) is 0 Å². The highest BCUT2D eigenvalue weighted by molar-refractivity contribution is 7.11. The van der Waals surface area contributed by atoms with Crippen molar-refractivity contribution in [1.82, 2.24) is 5.32 Å². The lowest BCUT2D eigenvalue weighted by Gasteiger charge is -2.31. The van der Waals surface area contributed by atoms with Crippen LogP contribution >= 0.6 is 11.3 Å². The normalized spacial score (nSPS) is 26.9. The Morgan fingerprint density at radius 1 is 1.15 bits per heavy atom. The zero-order valence-corrected chi connectivity index (χ0v) is 14.0. The first kappa shape index (κ1) is 16.0. The van der Waals surface area contributed by atoms with Crippen LogP contribution in [0.2, 0.25) is 0 Å². The molecule has 1 N–H and O–H groups in total. The van der Waals surface area contributed by atoms with Gasteiger partial charge in [-0.1, -0.05) is 20.8 Å². The lowest BCUT2D eigenvalue weighted by atomic mass is 9.82. The molecule has 0 spiro atoms. The smallest absolute Gasteiger partial charge is 0.0813 e. The topological polar surface area (TPSA) is 21.3 Å². The summed E-state index contributed by atoms with van der Waals surface area (Å²) in [5.74, 6) is 1.64. The average molecular weight is 295 g/mol. The molecule has 114 valence electrons. The lowest BCUT2D eigenvalue weighted by molar-refractivity contribution is -0.00803. The molecule has 1 heterocycles. The van der Waals surface area contributed by atoms with E-state index in [2.05, 4.69) is 38.2 Å². The summed E-state index contributed by atoms with van der Waals surface area (Å²) in [5, 5.41) is 3.45. The van der Waals surface area contributed by atoms with Crippen molar-refractivity contribution in [2.45, 2.75) is 65.7 Å². The summed E-state index contributed by atoms with van der Waals surface area (Å²) in [6.07, 6.45) is 5.50. The lowest BCUT2D eigenvalue weighted by Crippen LogP contribution is -2.26. The zero-order chi connectivity index (χ0) is 14.4. The largest absolute Gasteiger partial charge is 0.373 e. The van der Waals surface area contributed by atoms with Crippen LogP contribution in [0.1, 0.15) is 56.2 Å². The molecule has 0 bridgehead atoms. The zero-order valence-electron chi connectivity index (χ0n) is 13.2. The van der Waals surface area contributed by atoms with E-state index in [-0.39, 0.29) is 0 Å². The molecule has 2 rings (SSSR count). The van der Waals surface area contributed by atoms with Gasteiger partial charge in [0.25, 0.3) is 0 Å². The van der Waals surface area contributed by atoms with Crippen molar-refractivity contribution < 1.29 is 4.74 Å². The monoisotopic (exact) mass is 295 g/mol. The molecule has 1 aliphatic carbocycles. The predicted octanol–water partition coefficient (Wildman–Crippen LogP) is 4.59. The van der Waals surface area contributed by atoms with Crippen molar-refractivity contribution in [3.05, 3.63) is 21.9 Å². The van der Waals surface area contributed by atoms with Crippen LogP contribution in [0.3, 0.4) is 0 Å². The molecule has 0 aromatic carbocycles. The van der Waals surface area contributed by atoms with Crippen LogP contribution in [0.25, 0.3) is 0 Å². The van der Waals surface area contributed by atoms with Crippen LogP contribution in [0.5, 0.6) is 0 Å². The van der Waals surface area contributed by atoms with E-state index in [1.807, 2.05) is 11.3 Å². The molecule has 0 saturated heterocycles. The van der Waals surface area contributed by atoms with Gasteiger partial charge in [-0.25, -0.2) is 0 Å². The van der Waals surface area contributed by atoms with Gasteiger partial charge in [0.2, 0.25) is 0 Å². The maximum atomic E-state index is 6.14. The molecule has 2 unspecified atom stereocenters. The molecule has 1 aromatic rings. The fraction of sp³-hybridized carbons (Fsp3) is 0.765. The van der Waals surface area contributed by atoms with Crippen LogP contribution in [-0.2, 0) is 17.9 Å². The SMILES string of the molecule is CCCNCc1ccc(COC2CC(C)CC(C)C2)s1. The Balaban J connectivity index is 1.73. The number of ether oxygens (including phenoxy) is 1. The number of hydrogen-bond donors (Lipinski definition) is 1. The Labute approximate surface area is 127 Å². The molecule has 2 atom stereocenters. The molecular weight excluding hydrogens is 266 g/mol. The highest BCUT2D eigenvalue weighted by atomic mass is 32.1. The van der Waals surface area contributed by atoms with Gasteiger partial charge in [0.15, 0.2) is 0 Å². The van der Waals surface area contributed by atoms with Gasteiger partial charge in [-0.05, 0) is 56.2 Å². The Kier molecular flexibility index (Phi) is 6.53. The van der Waals surface area contributed by atoms with E-state index in [0.29, 0.717) is 6.10 Å². The minimum Gasteiger partial charge on any atom is -0.373 e. The molecule has 1 saturated carbocycles.